The van der Waals surface area contributed by atoms with Crippen LogP contribution in [0.1, 0.15) is 30.8 Å². The summed E-state index contributed by atoms with van der Waals surface area (Å²) >= 11 is 0. The third-order valence-electron chi connectivity index (χ3n) is 4.62. The fourth-order valence-electron chi connectivity index (χ4n) is 3.16. The summed E-state index contributed by atoms with van der Waals surface area (Å²) in [6, 6.07) is 6.01. The quantitative estimate of drug-likeness (QED) is 0.896. The van der Waals surface area contributed by atoms with Crippen LogP contribution >= 0.6 is 0 Å². The highest BCUT2D eigenvalue weighted by atomic mass is 16.2. The van der Waals surface area contributed by atoms with Gasteiger partial charge in [-0.3, -0.25) is 9.69 Å². The lowest BCUT2D eigenvalue weighted by molar-refractivity contribution is -0.122. The van der Waals surface area contributed by atoms with Crippen LogP contribution in [0.4, 0.5) is 0 Å². The maximum Gasteiger partial charge on any atom is 0.234 e. The smallest absolute Gasteiger partial charge is 0.234 e. The van der Waals surface area contributed by atoms with Gasteiger partial charge in [-0.25, -0.2) is 4.98 Å². The SMILES string of the molecule is Cc1ccc2nc(C(C)NC(=O)CN3CCCN(C)CC3)[nH]c2c1. The van der Waals surface area contributed by atoms with Crippen molar-refractivity contribution in [3.05, 3.63) is 29.6 Å². The minimum absolute atomic E-state index is 0.0590. The van der Waals surface area contributed by atoms with E-state index < -0.39 is 0 Å². The summed E-state index contributed by atoms with van der Waals surface area (Å²) in [4.78, 5) is 24.8. The first-order valence-electron chi connectivity index (χ1n) is 8.68. The molecule has 6 heteroatoms. The first-order chi connectivity index (χ1) is 11.5. The minimum Gasteiger partial charge on any atom is -0.345 e. The summed E-state index contributed by atoms with van der Waals surface area (Å²) in [5.41, 5.74) is 3.15. The van der Waals surface area contributed by atoms with Crippen molar-refractivity contribution in [3.63, 3.8) is 0 Å². The number of imidazole rings is 1. The van der Waals surface area contributed by atoms with Crippen molar-refractivity contribution >= 4 is 16.9 Å². The Balaban J connectivity index is 1.58. The van der Waals surface area contributed by atoms with Crippen molar-refractivity contribution in [1.82, 2.24) is 25.1 Å². The van der Waals surface area contributed by atoms with E-state index in [1.54, 1.807) is 0 Å². The molecule has 2 N–H and O–H groups in total. The number of hydrogen-bond donors (Lipinski definition) is 2. The van der Waals surface area contributed by atoms with Crippen molar-refractivity contribution in [2.45, 2.75) is 26.3 Å². The van der Waals surface area contributed by atoms with Gasteiger partial charge < -0.3 is 15.2 Å². The van der Waals surface area contributed by atoms with E-state index in [2.05, 4.69) is 45.1 Å². The molecular weight excluding hydrogens is 302 g/mol. The third kappa shape index (κ3) is 4.13. The third-order valence-corrected chi connectivity index (χ3v) is 4.62. The number of H-pyrrole nitrogens is 1. The number of amides is 1. The van der Waals surface area contributed by atoms with Gasteiger partial charge in [0.2, 0.25) is 5.91 Å². The lowest BCUT2D eigenvalue weighted by Gasteiger charge is -2.20. The van der Waals surface area contributed by atoms with Crippen molar-refractivity contribution in [2.75, 3.05) is 39.8 Å². The molecule has 0 spiro atoms. The summed E-state index contributed by atoms with van der Waals surface area (Å²) in [6.07, 6.45) is 1.11. The topological polar surface area (TPSA) is 64.3 Å². The molecule has 1 saturated heterocycles. The number of benzene rings is 1. The van der Waals surface area contributed by atoms with E-state index in [9.17, 15) is 4.79 Å². The van der Waals surface area contributed by atoms with Gasteiger partial charge >= 0.3 is 0 Å². The second kappa shape index (κ2) is 7.32. The molecule has 1 aliphatic rings. The zero-order valence-corrected chi connectivity index (χ0v) is 14.8. The number of fused-ring (bicyclic) bond motifs is 1. The van der Waals surface area contributed by atoms with Gasteiger partial charge in [-0.1, -0.05) is 6.07 Å². The first kappa shape index (κ1) is 16.9. The molecule has 3 rings (SSSR count). The molecule has 0 saturated carbocycles. The molecule has 0 radical (unpaired) electrons. The van der Waals surface area contributed by atoms with Gasteiger partial charge in [0.15, 0.2) is 0 Å². The Morgan fingerprint density at radius 1 is 1.33 bits per heavy atom. The van der Waals surface area contributed by atoms with Crippen LogP contribution < -0.4 is 5.32 Å². The number of carbonyl (C=O) groups excluding carboxylic acids is 1. The number of rotatable bonds is 4. The molecular formula is C18H27N5O. The summed E-state index contributed by atoms with van der Waals surface area (Å²) in [6.45, 7) is 8.54. The highest BCUT2D eigenvalue weighted by Gasteiger charge is 2.18. The van der Waals surface area contributed by atoms with E-state index in [1.807, 2.05) is 19.1 Å². The van der Waals surface area contributed by atoms with Crippen molar-refractivity contribution < 1.29 is 4.79 Å². The Hall–Kier alpha value is -1.92. The number of hydrogen-bond acceptors (Lipinski definition) is 4. The maximum atomic E-state index is 12.4. The van der Waals surface area contributed by atoms with E-state index in [0.717, 1.165) is 49.5 Å². The zero-order valence-electron chi connectivity index (χ0n) is 14.8. The number of aryl methyl sites for hydroxylation is 1. The predicted octanol–water partition coefficient (Wildman–Crippen LogP) is 1.69. The molecule has 1 fully saturated rings. The van der Waals surface area contributed by atoms with Gasteiger partial charge in [0.05, 0.1) is 23.6 Å². The Morgan fingerprint density at radius 2 is 2.17 bits per heavy atom. The summed E-state index contributed by atoms with van der Waals surface area (Å²) in [5.74, 6) is 0.864. The number of nitrogens with zero attached hydrogens (tertiary/aromatic N) is 3. The predicted molar refractivity (Wildman–Crippen MR) is 95.9 cm³/mol. The largest absolute Gasteiger partial charge is 0.345 e. The number of likely N-dealkylation sites (N-methyl/N-ethyl adjacent to an activating group) is 1. The van der Waals surface area contributed by atoms with Crippen molar-refractivity contribution in [2.24, 2.45) is 0 Å². The van der Waals surface area contributed by atoms with E-state index >= 15 is 0 Å². The minimum atomic E-state index is -0.125. The van der Waals surface area contributed by atoms with Gasteiger partial charge in [-0.2, -0.15) is 0 Å². The van der Waals surface area contributed by atoms with Gasteiger partial charge in [-0.15, -0.1) is 0 Å². The van der Waals surface area contributed by atoms with E-state index in [-0.39, 0.29) is 11.9 Å². The van der Waals surface area contributed by atoms with Crippen LogP contribution in [0.15, 0.2) is 18.2 Å². The van der Waals surface area contributed by atoms with E-state index in [0.29, 0.717) is 6.54 Å². The molecule has 1 aromatic heterocycles. The molecule has 1 unspecified atom stereocenters. The van der Waals surface area contributed by atoms with Gasteiger partial charge in [-0.05, 0) is 58.1 Å². The summed E-state index contributed by atoms with van der Waals surface area (Å²) in [5, 5.41) is 3.06. The van der Waals surface area contributed by atoms with Crippen LogP contribution in [0.3, 0.4) is 0 Å². The zero-order chi connectivity index (χ0) is 17.1. The summed E-state index contributed by atoms with van der Waals surface area (Å²) in [7, 11) is 2.13. The van der Waals surface area contributed by atoms with Gasteiger partial charge in [0, 0.05) is 13.1 Å². The summed E-state index contributed by atoms with van der Waals surface area (Å²) < 4.78 is 0. The van der Waals surface area contributed by atoms with Crippen LogP contribution in [0, 0.1) is 6.92 Å². The molecule has 130 valence electrons. The van der Waals surface area contributed by atoms with Crippen LogP contribution in [-0.2, 0) is 4.79 Å². The lowest BCUT2D eigenvalue weighted by Crippen LogP contribution is -2.40. The van der Waals surface area contributed by atoms with Gasteiger partial charge in [0.1, 0.15) is 5.82 Å². The lowest BCUT2D eigenvalue weighted by atomic mass is 10.2. The Morgan fingerprint density at radius 3 is 3.00 bits per heavy atom. The molecule has 2 aromatic rings. The van der Waals surface area contributed by atoms with Crippen molar-refractivity contribution in [3.8, 4) is 0 Å². The molecule has 1 aliphatic heterocycles. The molecule has 1 amide bonds. The van der Waals surface area contributed by atoms with Crippen LogP contribution in [-0.4, -0.2) is 65.4 Å². The van der Waals surface area contributed by atoms with E-state index in [4.69, 9.17) is 0 Å². The second-order valence-corrected chi connectivity index (χ2v) is 6.86. The fraction of sp³-hybridized carbons (Fsp3) is 0.556. The number of aromatic nitrogens is 2. The maximum absolute atomic E-state index is 12.4. The van der Waals surface area contributed by atoms with E-state index in [1.165, 1.54) is 5.56 Å². The average Bonchev–Trinajstić information content (AvgIpc) is 2.85. The Labute approximate surface area is 143 Å². The fourth-order valence-corrected chi connectivity index (χ4v) is 3.16. The van der Waals surface area contributed by atoms with Crippen LogP contribution in [0.5, 0.6) is 0 Å². The second-order valence-electron chi connectivity index (χ2n) is 6.86. The molecule has 0 aliphatic carbocycles. The molecule has 0 bridgehead atoms. The Kier molecular flexibility index (Phi) is 5.16. The normalized spacial score (nSPS) is 18.5. The molecule has 1 atom stereocenters. The Bertz CT molecular complexity index is 710. The first-order valence-corrected chi connectivity index (χ1v) is 8.68. The molecule has 24 heavy (non-hydrogen) atoms. The number of nitrogens with one attached hydrogen (secondary N) is 2. The molecule has 6 nitrogen and oxygen atoms in total. The van der Waals surface area contributed by atoms with Gasteiger partial charge in [0.25, 0.3) is 0 Å². The number of aromatic amines is 1. The highest BCUT2D eigenvalue weighted by molar-refractivity contribution is 5.79. The standard InChI is InChI=1S/C18H27N5O/c1-13-5-6-15-16(11-13)21-18(20-15)14(2)19-17(24)12-23-8-4-7-22(3)9-10-23/h5-6,11,14H,4,7-10,12H2,1-3H3,(H,19,24)(H,20,21). The molecule has 2 heterocycles. The van der Waals surface area contributed by atoms with Crippen molar-refractivity contribution in [1.29, 1.82) is 0 Å². The average molecular weight is 329 g/mol. The van der Waals surface area contributed by atoms with Crippen LogP contribution in [0.2, 0.25) is 0 Å². The monoisotopic (exact) mass is 329 g/mol. The number of carbonyl (C=O) groups is 1. The highest BCUT2D eigenvalue weighted by Crippen LogP contribution is 2.17. The molecule has 1 aromatic carbocycles. The van der Waals surface area contributed by atoms with Crippen LogP contribution in [0.25, 0.3) is 11.0 Å².